The fourth-order valence-corrected chi connectivity index (χ4v) is 3.58. The second-order valence-electron chi connectivity index (χ2n) is 9.55. The van der Waals surface area contributed by atoms with E-state index in [-0.39, 0.29) is 50.4 Å². The SMILES string of the molecule is CC(C)C(NC(=O)C(CCCN=C(N)N)NC(=O)C(Cc1ccc(O)cc1)NC(=O)C(N)CCC(=O)O)C(=O)O. The number of nitrogens with two attached hydrogens (primary N) is 3. The number of carboxylic acids is 2. The lowest BCUT2D eigenvalue weighted by Crippen LogP contribution is -2.58. The van der Waals surface area contributed by atoms with Gasteiger partial charge in [-0.1, -0.05) is 26.0 Å². The predicted molar refractivity (Wildman–Crippen MR) is 145 cm³/mol. The van der Waals surface area contributed by atoms with Crippen LogP contribution in [-0.4, -0.2) is 81.7 Å². The highest BCUT2D eigenvalue weighted by Crippen LogP contribution is 2.12. The largest absolute Gasteiger partial charge is 0.508 e. The second kappa shape index (κ2) is 16.5. The third-order valence-electron chi connectivity index (χ3n) is 5.82. The summed E-state index contributed by atoms with van der Waals surface area (Å²) in [4.78, 5) is 65.4. The number of amides is 3. The molecular formula is C25H39N7O8. The molecule has 0 aromatic heterocycles. The number of nitrogens with zero attached hydrogens (tertiary/aromatic N) is 1. The lowest BCUT2D eigenvalue weighted by molar-refractivity contribution is -0.143. The van der Waals surface area contributed by atoms with Crippen LogP contribution in [0, 0.1) is 5.92 Å². The van der Waals surface area contributed by atoms with Crippen LogP contribution in [0.25, 0.3) is 0 Å². The van der Waals surface area contributed by atoms with Gasteiger partial charge in [0, 0.05) is 19.4 Å². The first-order valence-electron chi connectivity index (χ1n) is 12.7. The highest BCUT2D eigenvalue weighted by Gasteiger charge is 2.31. The van der Waals surface area contributed by atoms with Crippen molar-refractivity contribution in [2.75, 3.05) is 6.54 Å². The fraction of sp³-hybridized carbons (Fsp3) is 0.520. The molecule has 0 aliphatic rings. The lowest BCUT2D eigenvalue weighted by Gasteiger charge is -2.26. The van der Waals surface area contributed by atoms with Crippen molar-refractivity contribution in [1.29, 1.82) is 0 Å². The van der Waals surface area contributed by atoms with Crippen LogP contribution in [0.1, 0.15) is 45.1 Å². The molecule has 0 radical (unpaired) electrons. The second-order valence-corrected chi connectivity index (χ2v) is 9.55. The molecule has 1 aromatic carbocycles. The molecule has 0 saturated heterocycles. The van der Waals surface area contributed by atoms with Gasteiger partial charge in [-0.2, -0.15) is 0 Å². The van der Waals surface area contributed by atoms with Crippen molar-refractivity contribution >= 4 is 35.6 Å². The summed E-state index contributed by atoms with van der Waals surface area (Å²) in [7, 11) is 0. The van der Waals surface area contributed by atoms with Crippen molar-refractivity contribution in [1.82, 2.24) is 16.0 Å². The first-order chi connectivity index (χ1) is 18.7. The molecule has 12 N–H and O–H groups in total. The Morgan fingerprint density at radius 1 is 0.875 bits per heavy atom. The van der Waals surface area contributed by atoms with E-state index in [0.717, 1.165) is 0 Å². The van der Waals surface area contributed by atoms with E-state index >= 15 is 0 Å². The van der Waals surface area contributed by atoms with Gasteiger partial charge in [0.1, 0.15) is 23.9 Å². The highest BCUT2D eigenvalue weighted by atomic mass is 16.4. The highest BCUT2D eigenvalue weighted by molar-refractivity contribution is 5.94. The number of phenols is 1. The van der Waals surface area contributed by atoms with Crippen molar-refractivity contribution in [3.8, 4) is 5.75 Å². The van der Waals surface area contributed by atoms with E-state index in [0.29, 0.717) is 5.56 Å². The Bertz CT molecular complexity index is 1060. The monoisotopic (exact) mass is 565 g/mol. The van der Waals surface area contributed by atoms with Gasteiger partial charge in [0.15, 0.2) is 5.96 Å². The van der Waals surface area contributed by atoms with E-state index in [1.807, 2.05) is 0 Å². The molecule has 1 rings (SSSR count). The quantitative estimate of drug-likeness (QED) is 0.0587. The standard InChI is InChI=1S/C25H39N7O8/c1-13(2)20(24(39)40)32-22(37)17(4-3-11-29-25(27)28)30-23(38)18(12-14-5-7-15(33)8-6-14)31-21(36)16(26)9-10-19(34)35/h5-8,13,16-18,20,33H,3-4,9-12,26H2,1-2H3,(H,30,38)(H,31,36)(H,32,37)(H,34,35)(H,39,40)(H4,27,28,29). The number of carboxylic acid groups (broad SMARTS) is 2. The van der Waals surface area contributed by atoms with Crippen molar-refractivity contribution in [3.05, 3.63) is 29.8 Å². The van der Waals surface area contributed by atoms with E-state index in [2.05, 4.69) is 20.9 Å². The number of hydrogen-bond donors (Lipinski definition) is 9. The number of rotatable bonds is 17. The van der Waals surface area contributed by atoms with Crippen LogP contribution in [0.3, 0.4) is 0 Å². The zero-order valence-electron chi connectivity index (χ0n) is 22.5. The van der Waals surface area contributed by atoms with Crippen molar-refractivity contribution in [3.63, 3.8) is 0 Å². The number of aliphatic imine (C=N–C) groups is 1. The van der Waals surface area contributed by atoms with Crippen LogP contribution in [-0.2, 0) is 30.4 Å². The molecule has 1 aromatic rings. The number of aromatic hydroxyl groups is 1. The minimum atomic E-state index is -1.25. The number of guanidine groups is 1. The molecule has 0 fully saturated rings. The van der Waals surface area contributed by atoms with Gasteiger partial charge in [-0.15, -0.1) is 0 Å². The first kappa shape index (κ1) is 33.6. The maximum atomic E-state index is 13.4. The van der Waals surface area contributed by atoms with Gasteiger partial charge < -0.3 is 48.5 Å². The van der Waals surface area contributed by atoms with Gasteiger partial charge >= 0.3 is 11.9 Å². The summed E-state index contributed by atoms with van der Waals surface area (Å²) in [6.45, 7) is 3.37. The van der Waals surface area contributed by atoms with Crippen LogP contribution in [0.4, 0.5) is 0 Å². The zero-order valence-corrected chi connectivity index (χ0v) is 22.5. The average molecular weight is 566 g/mol. The van der Waals surface area contributed by atoms with Crippen molar-refractivity contribution in [2.45, 2.75) is 70.1 Å². The summed E-state index contributed by atoms with van der Waals surface area (Å²) in [5, 5.41) is 35.4. The maximum Gasteiger partial charge on any atom is 0.326 e. The average Bonchev–Trinajstić information content (AvgIpc) is 2.87. The molecular weight excluding hydrogens is 526 g/mol. The molecule has 3 amide bonds. The first-order valence-corrected chi connectivity index (χ1v) is 12.7. The van der Waals surface area contributed by atoms with Crippen LogP contribution in [0.5, 0.6) is 5.75 Å². The van der Waals surface area contributed by atoms with E-state index in [9.17, 15) is 34.2 Å². The Labute approximate surface area is 231 Å². The van der Waals surface area contributed by atoms with Crippen molar-refractivity contribution < 1.29 is 39.3 Å². The fourth-order valence-electron chi connectivity index (χ4n) is 3.58. The number of phenolic OH excluding ortho intramolecular Hbond substituents is 1. The van der Waals surface area contributed by atoms with E-state index in [1.165, 1.54) is 24.3 Å². The molecule has 0 heterocycles. The smallest absolute Gasteiger partial charge is 0.326 e. The molecule has 4 atom stereocenters. The molecule has 0 saturated carbocycles. The van der Waals surface area contributed by atoms with Gasteiger partial charge in [0.25, 0.3) is 0 Å². The molecule has 0 spiro atoms. The number of hydrogen-bond acceptors (Lipinski definition) is 8. The molecule has 0 bridgehead atoms. The number of benzene rings is 1. The molecule has 0 aliphatic heterocycles. The number of aliphatic carboxylic acids is 2. The van der Waals surface area contributed by atoms with Crippen LogP contribution >= 0.6 is 0 Å². The van der Waals surface area contributed by atoms with Gasteiger partial charge in [0.2, 0.25) is 17.7 Å². The Hall–Kier alpha value is -4.40. The molecule has 15 heteroatoms. The van der Waals surface area contributed by atoms with Gasteiger partial charge in [-0.05, 0) is 42.9 Å². The van der Waals surface area contributed by atoms with Gasteiger partial charge in [0.05, 0.1) is 6.04 Å². The minimum absolute atomic E-state index is 0.0138. The molecule has 15 nitrogen and oxygen atoms in total. The lowest BCUT2D eigenvalue weighted by atomic mass is 10.0. The molecule has 4 unspecified atom stereocenters. The Kier molecular flexibility index (Phi) is 13.9. The summed E-state index contributed by atoms with van der Waals surface area (Å²) in [6.07, 6.45) is -0.296. The summed E-state index contributed by atoms with van der Waals surface area (Å²) in [5.41, 5.74) is 17.0. The number of carbonyl (C=O) groups is 5. The zero-order chi connectivity index (χ0) is 30.4. The van der Waals surface area contributed by atoms with E-state index < -0.39 is 59.7 Å². The van der Waals surface area contributed by atoms with Crippen LogP contribution < -0.4 is 33.2 Å². The molecule has 0 aliphatic carbocycles. The minimum Gasteiger partial charge on any atom is -0.508 e. The maximum absolute atomic E-state index is 13.4. The normalized spacial score (nSPS) is 13.8. The van der Waals surface area contributed by atoms with E-state index in [4.69, 9.17) is 22.3 Å². The summed E-state index contributed by atoms with van der Waals surface area (Å²) < 4.78 is 0. The van der Waals surface area contributed by atoms with Gasteiger partial charge in [-0.3, -0.25) is 24.2 Å². The van der Waals surface area contributed by atoms with Crippen LogP contribution in [0.2, 0.25) is 0 Å². The Morgan fingerprint density at radius 3 is 1.98 bits per heavy atom. The Balaban J connectivity index is 3.18. The van der Waals surface area contributed by atoms with Crippen LogP contribution in [0.15, 0.2) is 29.3 Å². The Morgan fingerprint density at radius 2 is 1.45 bits per heavy atom. The third kappa shape index (κ3) is 12.4. The van der Waals surface area contributed by atoms with Gasteiger partial charge in [-0.25, -0.2) is 4.79 Å². The molecule has 222 valence electrons. The number of nitrogens with one attached hydrogen (secondary N) is 3. The van der Waals surface area contributed by atoms with E-state index in [1.54, 1.807) is 13.8 Å². The molecule has 40 heavy (non-hydrogen) atoms. The summed E-state index contributed by atoms with van der Waals surface area (Å²) in [5.74, 6) is -5.32. The summed E-state index contributed by atoms with van der Waals surface area (Å²) >= 11 is 0. The topological polar surface area (TPSA) is 273 Å². The summed E-state index contributed by atoms with van der Waals surface area (Å²) in [6, 6.07) is 0.961. The van der Waals surface area contributed by atoms with Crippen molar-refractivity contribution in [2.24, 2.45) is 28.1 Å². The third-order valence-corrected chi connectivity index (χ3v) is 5.82. The number of carbonyl (C=O) groups excluding carboxylic acids is 3. The predicted octanol–water partition coefficient (Wildman–Crippen LogP) is -1.62.